The van der Waals surface area contributed by atoms with Crippen LogP contribution in [0.25, 0.3) is 5.65 Å². The molecule has 6 heteroatoms. The summed E-state index contributed by atoms with van der Waals surface area (Å²) in [7, 11) is 0. The van der Waals surface area contributed by atoms with Crippen LogP contribution in [0.3, 0.4) is 0 Å². The summed E-state index contributed by atoms with van der Waals surface area (Å²) >= 11 is 3.61. The average Bonchev–Trinajstić information content (AvgIpc) is 2.60. The van der Waals surface area contributed by atoms with Crippen LogP contribution in [0.4, 0.5) is 0 Å². The van der Waals surface area contributed by atoms with Gasteiger partial charge >= 0.3 is 5.69 Å². The lowest BCUT2D eigenvalue weighted by Crippen LogP contribution is -2.13. The lowest BCUT2D eigenvalue weighted by molar-refractivity contribution is 0.607. The van der Waals surface area contributed by atoms with Crippen molar-refractivity contribution < 1.29 is 0 Å². The van der Waals surface area contributed by atoms with E-state index in [0.717, 1.165) is 12.1 Å². The van der Waals surface area contributed by atoms with Crippen LogP contribution in [0.1, 0.15) is 19.5 Å². The smallest absolute Gasteiger partial charge is 0.246 e. The Kier molecular flexibility index (Phi) is 3.09. The highest BCUT2D eigenvalue weighted by molar-refractivity contribution is 9.09. The maximum Gasteiger partial charge on any atom is 0.348 e. The van der Waals surface area contributed by atoms with E-state index in [1.807, 2.05) is 6.07 Å². The minimum atomic E-state index is -0.256. The maximum atomic E-state index is 11.2. The van der Waals surface area contributed by atoms with Gasteiger partial charge in [0.15, 0.2) is 5.65 Å². The fourth-order valence-corrected chi connectivity index (χ4v) is 1.73. The first kappa shape index (κ1) is 11.3. The molecule has 0 aromatic carbocycles. The van der Waals surface area contributed by atoms with Crippen LogP contribution in [0.2, 0.25) is 0 Å². The summed E-state index contributed by atoms with van der Waals surface area (Å²) in [5.41, 5.74) is 1.29. The fourth-order valence-electron chi connectivity index (χ4n) is 1.40. The Labute approximate surface area is 101 Å². The first-order chi connectivity index (χ1) is 7.58. The van der Waals surface area contributed by atoms with Crippen molar-refractivity contribution in [3.8, 4) is 0 Å². The third-order valence-electron chi connectivity index (χ3n) is 2.49. The molecule has 0 saturated carbocycles. The van der Waals surface area contributed by atoms with E-state index in [9.17, 15) is 4.79 Å². The van der Waals surface area contributed by atoms with Crippen molar-refractivity contribution in [1.82, 2.24) is 19.6 Å². The van der Waals surface area contributed by atoms with Crippen molar-refractivity contribution in [1.29, 1.82) is 0 Å². The quantitative estimate of drug-likeness (QED) is 0.867. The molecule has 2 aromatic rings. The topological polar surface area (TPSA) is 63.0 Å². The van der Waals surface area contributed by atoms with Crippen LogP contribution < -0.4 is 5.69 Å². The molecule has 2 aromatic heterocycles. The molecule has 0 amide bonds. The van der Waals surface area contributed by atoms with Crippen LogP contribution >= 0.6 is 15.9 Å². The van der Waals surface area contributed by atoms with E-state index in [1.165, 1.54) is 10.7 Å². The van der Waals surface area contributed by atoms with Gasteiger partial charge in [-0.3, -0.25) is 0 Å². The van der Waals surface area contributed by atoms with E-state index < -0.39 is 0 Å². The molecule has 16 heavy (non-hydrogen) atoms. The van der Waals surface area contributed by atoms with Gasteiger partial charge < -0.3 is 0 Å². The van der Waals surface area contributed by atoms with E-state index in [0.29, 0.717) is 16.4 Å². The molecule has 1 atom stereocenters. The first-order valence-corrected chi connectivity index (χ1v) is 6.05. The predicted octanol–water partition coefficient (Wildman–Crippen LogP) is 1.38. The number of hydrogen-bond donors (Lipinski definition) is 1. The molecular weight excluding hydrogens is 272 g/mol. The summed E-state index contributed by atoms with van der Waals surface area (Å²) in [4.78, 5) is 15.8. The second kappa shape index (κ2) is 4.37. The van der Waals surface area contributed by atoms with Crippen LogP contribution in [0.15, 0.2) is 17.2 Å². The highest BCUT2D eigenvalue weighted by Gasteiger charge is 2.11. The Balaban J connectivity index is 2.29. The largest absolute Gasteiger partial charge is 0.348 e. The zero-order chi connectivity index (χ0) is 11.7. The van der Waals surface area contributed by atoms with Crippen LogP contribution in [0.5, 0.6) is 0 Å². The molecule has 0 aliphatic rings. The molecule has 86 valence electrons. The molecule has 2 rings (SSSR count). The zero-order valence-corrected chi connectivity index (χ0v) is 10.7. The molecule has 1 unspecified atom stereocenters. The zero-order valence-electron chi connectivity index (χ0n) is 9.14. The standard InChI is InChI=1S/C10H13BrN4O/c1-6(2)8(11)3-7-4-9-13-14-10(16)15(9)5-12-7/h4-6,8H,3H2,1-2H3,(H,14,16). The highest BCUT2D eigenvalue weighted by Crippen LogP contribution is 2.16. The highest BCUT2D eigenvalue weighted by atomic mass is 79.9. The number of fused-ring (bicyclic) bond motifs is 1. The summed E-state index contributed by atoms with van der Waals surface area (Å²) in [6.07, 6.45) is 2.34. The average molecular weight is 285 g/mol. The monoisotopic (exact) mass is 284 g/mol. The Hall–Kier alpha value is -1.17. The Morgan fingerprint density at radius 2 is 2.31 bits per heavy atom. The number of rotatable bonds is 3. The Morgan fingerprint density at radius 1 is 1.56 bits per heavy atom. The van der Waals surface area contributed by atoms with Gasteiger partial charge in [-0.25, -0.2) is 19.3 Å². The van der Waals surface area contributed by atoms with Gasteiger partial charge in [-0.1, -0.05) is 29.8 Å². The molecule has 0 bridgehead atoms. The third-order valence-corrected chi connectivity index (χ3v) is 3.88. The normalized spacial score (nSPS) is 13.5. The molecule has 0 saturated heterocycles. The lowest BCUT2D eigenvalue weighted by atomic mass is 10.1. The van der Waals surface area contributed by atoms with E-state index in [4.69, 9.17) is 0 Å². The number of alkyl halides is 1. The van der Waals surface area contributed by atoms with Gasteiger partial charge in [0.1, 0.15) is 6.33 Å². The summed E-state index contributed by atoms with van der Waals surface area (Å²) in [6.45, 7) is 4.30. The number of aromatic nitrogens is 4. The second-order valence-electron chi connectivity index (χ2n) is 4.10. The molecule has 0 aliphatic heterocycles. The third kappa shape index (κ3) is 2.16. The van der Waals surface area contributed by atoms with Gasteiger partial charge in [-0.15, -0.1) is 0 Å². The minimum absolute atomic E-state index is 0.256. The van der Waals surface area contributed by atoms with Crippen molar-refractivity contribution in [2.45, 2.75) is 25.1 Å². The Morgan fingerprint density at radius 3 is 3.00 bits per heavy atom. The minimum Gasteiger partial charge on any atom is -0.246 e. The molecule has 0 radical (unpaired) electrons. The van der Waals surface area contributed by atoms with E-state index in [2.05, 4.69) is 45.0 Å². The van der Waals surface area contributed by atoms with Gasteiger partial charge in [0.05, 0.1) is 0 Å². The molecule has 0 fully saturated rings. The van der Waals surface area contributed by atoms with E-state index >= 15 is 0 Å². The first-order valence-electron chi connectivity index (χ1n) is 5.13. The molecule has 2 heterocycles. The fraction of sp³-hybridized carbons (Fsp3) is 0.500. The maximum absolute atomic E-state index is 11.2. The number of halogens is 1. The van der Waals surface area contributed by atoms with Gasteiger partial charge in [0.25, 0.3) is 0 Å². The number of nitrogens with zero attached hydrogens (tertiary/aromatic N) is 3. The Bertz CT molecular complexity index is 545. The summed E-state index contributed by atoms with van der Waals surface area (Å²) in [5.74, 6) is 0.541. The summed E-state index contributed by atoms with van der Waals surface area (Å²) in [6, 6.07) is 1.83. The predicted molar refractivity (Wildman–Crippen MR) is 64.9 cm³/mol. The van der Waals surface area contributed by atoms with E-state index in [-0.39, 0.29) is 5.69 Å². The SMILES string of the molecule is CC(C)C(Br)Cc1cc2n[nH]c(=O)n2cn1. The number of nitrogens with one attached hydrogen (secondary N) is 1. The van der Waals surface area contributed by atoms with Crippen molar-refractivity contribution in [2.75, 3.05) is 0 Å². The number of hydrogen-bond acceptors (Lipinski definition) is 3. The van der Waals surface area contributed by atoms with Crippen molar-refractivity contribution in [3.05, 3.63) is 28.6 Å². The molecule has 1 N–H and O–H groups in total. The molecular formula is C10H13BrN4O. The van der Waals surface area contributed by atoms with Crippen LogP contribution in [-0.4, -0.2) is 24.4 Å². The van der Waals surface area contributed by atoms with Gasteiger partial charge in [-0.2, -0.15) is 5.10 Å². The van der Waals surface area contributed by atoms with Crippen molar-refractivity contribution >= 4 is 21.6 Å². The number of H-pyrrole nitrogens is 1. The second-order valence-corrected chi connectivity index (χ2v) is 5.28. The summed E-state index contributed by atoms with van der Waals surface area (Å²) < 4.78 is 1.39. The number of aromatic amines is 1. The lowest BCUT2D eigenvalue weighted by Gasteiger charge is -2.12. The van der Waals surface area contributed by atoms with Crippen molar-refractivity contribution in [3.63, 3.8) is 0 Å². The van der Waals surface area contributed by atoms with Gasteiger partial charge in [0.2, 0.25) is 0 Å². The molecule has 0 aliphatic carbocycles. The molecule has 0 spiro atoms. The van der Waals surface area contributed by atoms with Crippen LogP contribution in [-0.2, 0) is 6.42 Å². The van der Waals surface area contributed by atoms with E-state index in [1.54, 1.807) is 0 Å². The van der Waals surface area contributed by atoms with Gasteiger partial charge in [-0.05, 0) is 5.92 Å². The summed E-state index contributed by atoms with van der Waals surface area (Å²) in [5, 5.41) is 6.29. The van der Waals surface area contributed by atoms with Crippen LogP contribution in [0, 0.1) is 5.92 Å². The molecule has 5 nitrogen and oxygen atoms in total. The van der Waals surface area contributed by atoms with Crippen molar-refractivity contribution in [2.24, 2.45) is 5.92 Å². The van der Waals surface area contributed by atoms with Gasteiger partial charge in [0, 0.05) is 23.0 Å².